The predicted octanol–water partition coefficient (Wildman–Crippen LogP) is 4.60. The molecule has 4 rings (SSSR count). The topological polar surface area (TPSA) is 105 Å². The number of carbonyl (C=O) groups is 2. The molecule has 37 heavy (non-hydrogen) atoms. The summed E-state index contributed by atoms with van der Waals surface area (Å²) < 4.78 is 1.19. The maximum Gasteiger partial charge on any atom is 0.351 e. The van der Waals surface area contributed by atoms with Crippen LogP contribution in [0, 0.1) is 0 Å². The van der Waals surface area contributed by atoms with Crippen LogP contribution in [-0.4, -0.2) is 43.8 Å². The van der Waals surface area contributed by atoms with Gasteiger partial charge in [-0.3, -0.25) is 14.3 Å². The number of aromatic hydroxyl groups is 1. The molecule has 0 bridgehead atoms. The lowest BCUT2D eigenvalue weighted by Gasteiger charge is -2.24. The smallest absolute Gasteiger partial charge is 0.351 e. The summed E-state index contributed by atoms with van der Waals surface area (Å²) in [5.74, 6) is -0.597. The van der Waals surface area contributed by atoms with Gasteiger partial charge in [0.1, 0.15) is 0 Å². The van der Waals surface area contributed by atoms with Crippen LogP contribution in [0.4, 0.5) is 4.79 Å². The van der Waals surface area contributed by atoms with E-state index in [-0.39, 0.29) is 19.0 Å². The fraction of sp³-hybridized carbons (Fsp3) is 0.138. The summed E-state index contributed by atoms with van der Waals surface area (Å²) in [4.78, 5) is 47.2. The second-order valence-electron chi connectivity index (χ2n) is 8.07. The fourth-order valence-corrected chi connectivity index (χ4v) is 3.98. The molecule has 0 saturated carbocycles. The lowest BCUT2D eigenvalue weighted by molar-refractivity contribution is -0.123. The van der Waals surface area contributed by atoms with E-state index in [1.54, 1.807) is 56.4 Å². The van der Waals surface area contributed by atoms with E-state index in [9.17, 15) is 19.5 Å². The normalized spacial score (nSPS) is 15.2. The number of aromatic nitrogens is 2. The first-order chi connectivity index (χ1) is 18.0. The molecule has 2 aromatic carbocycles. The van der Waals surface area contributed by atoms with Crippen LogP contribution in [0.25, 0.3) is 17.3 Å². The molecule has 0 radical (unpaired) electrons. The summed E-state index contributed by atoms with van der Waals surface area (Å²) in [6.45, 7) is 3.95. The molecular formula is C29H26N4O4. The molecule has 0 unspecified atom stereocenters. The van der Waals surface area contributed by atoms with Gasteiger partial charge in [0.2, 0.25) is 5.88 Å². The largest absolute Gasteiger partial charge is 0.494 e. The zero-order valence-electron chi connectivity index (χ0n) is 20.5. The van der Waals surface area contributed by atoms with Crippen molar-refractivity contribution >= 4 is 23.7 Å². The average Bonchev–Trinajstić information content (AvgIpc) is 2.91. The van der Waals surface area contributed by atoms with Gasteiger partial charge in [0, 0.05) is 24.2 Å². The van der Waals surface area contributed by atoms with Crippen LogP contribution in [0.1, 0.15) is 25.0 Å². The lowest BCUT2D eigenvalue weighted by Crippen LogP contribution is -2.42. The van der Waals surface area contributed by atoms with Crippen molar-refractivity contribution in [2.45, 2.75) is 20.4 Å². The number of allylic oxidation sites excluding steroid dienone is 4. The maximum absolute atomic E-state index is 13.0. The van der Waals surface area contributed by atoms with Crippen LogP contribution in [-0.2, 0) is 11.3 Å². The van der Waals surface area contributed by atoms with Crippen LogP contribution >= 0.6 is 0 Å². The number of aliphatic imine (C=N–C) groups is 1. The number of carbonyl (C=O) groups excluding carboxylic acids is 2. The zero-order chi connectivity index (χ0) is 26.4. The average molecular weight is 495 g/mol. The van der Waals surface area contributed by atoms with E-state index < -0.39 is 17.6 Å². The number of urea groups is 1. The molecule has 186 valence electrons. The third kappa shape index (κ3) is 5.23. The van der Waals surface area contributed by atoms with Gasteiger partial charge in [0.05, 0.1) is 22.5 Å². The van der Waals surface area contributed by atoms with Gasteiger partial charge in [0.25, 0.3) is 5.91 Å². The number of rotatable bonds is 7. The van der Waals surface area contributed by atoms with Crippen molar-refractivity contribution in [2.75, 3.05) is 6.54 Å². The van der Waals surface area contributed by atoms with Crippen molar-refractivity contribution < 1.29 is 14.7 Å². The number of likely N-dealkylation sites (N-methyl/N-ethyl adjacent to an activating group) is 1. The Morgan fingerprint density at radius 1 is 0.838 bits per heavy atom. The first-order valence-electron chi connectivity index (χ1n) is 11.9. The van der Waals surface area contributed by atoms with Crippen LogP contribution in [0.3, 0.4) is 0 Å². The highest BCUT2D eigenvalue weighted by molar-refractivity contribution is 6.34. The predicted molar refractivity (Wildman–Crippen MR) is 143 cm³/mol. The van der Waals surface area contributed by atoms with Crippen molar-refractivity contribution in [2.24, 2.45) is 4.99 Å². The van der Waals surface area contributed by atoms with Gasteiger partial charge in [-0.15, -0.1) is 0 Å². The molecule has 0 spiro atoms. The third-order valence-corrected chi connectivity index (χ3v) is 5.83. The standard InChI is InChI=1S/C29H26N4O4/c1-3-32-26(34)22(24(30-28(32)36)20-14-8-5-9-15-20)18-12-7-13-19-23-25(21-16-10-6-11-17-21)31-29(37)33(4-2)27(23)35/h5-19,34H,3-4H2,1-2H3/b13-7?,18-12?,23-19-. The lowest BCUT2D eigenvalue weighted by atomic mass is 9.99. The Balaban J connectivity index is 1.70. The molecule has 8 heteroatoms. The zero-order valence-corrected chi connectivity index (χ0v) is 20.5. The Morgan fingerprint density at radius 2 is 1.49 bits per heavy atom. The highest BCUT2D eigenvalue weighted by Crippen LogP contribution is 2.28. The SMILES string of the molecule is CCN1C(=O)N=C(c2ccccc2)/C(=C/C=CC=Cc2c(-c3ccccc3)nc(=O)n(CC)c2O)C1=O. The first-order valence-corrected chi connectivity index (χ1v) is 11.9. The second kappa shape index (κ2) is 11.3. The van der Waals surface area contributed by atoms with Crippen molar-refractivity contribution in [3.8, 4) is 17.1 Å². The molecule has 0 atom stereocenters. The molecule has 1 N–H and O–H groups in total. The molecule has 0 fully saturated rings. The second-order valence-corrected chi connectivity index (χ2v) is 8.07. The molecule has 3 amide bonds. The van der Waals surface area contributed by atoms with Crippen LogP contribution < -0.4 is 5.69 Å². The van der Waals surface area contributed by atoms with Gasteiger partial charge in [-0.05, 0) is 26.0 Å². The molecule has 3 aromatic rings. The number of amides is 3. The van der Waals surface area contributed by atoms with E-state index in [2.05, 4.69) is 9.98 Å². The van der Waals surface area contributed by atoms with Crippen LogP contribution in [0.5, 0.6) is 5.88 Å². The van der Waals surface area contributed by atoms with Gasteiger partial charge >= 0.3 is 11.7 Å². The molecule has 2 heterocycles. The Labute approximate surface area is 214 Å². The van der Waals surface area contributed by atoms with Gasteiger partial charge in [-0.1, -0.05) is 78.9 Å². The van der Waals surface area contributed by atoms with Crippen molar-refractivity contribution in [3.05, 3.63) is 112 Å². The summed E-state index contributed by atoms with van der Waals surface area (Å²) in [5.41, 5.74) is 2.21. The summed E-state index contributed by atoms with van der Waals surface area (Å²) in [7, 11) is 0. The molecule has 0 aliphatic carbocycles. The summed E-state index contributed by atoms with van der Waals surface area (Å²) in [6.07, 6.45) is 8.29. The highest BCUT2D eigenvalue weighted by Gasteiger charge is 2.31. The van der Waals surface area contributed by atoms with Crippen molar-refractivity contribution in [1.29, 1.82) is 0 Å². The van der Waals surface area contributed by atoms with E-state index in [1.807, 2.05) is 48.5 Å². The Kier molecular flexibility index (Phi) is 7.68. The number of nitrogens with zero attached hydrogens (tertiary/aromatic N) is 4. The van der Waals surface area contributed by atoms with Crippen molar-refractivity contribution in [3.63, 3.8) is 0 Å². The number of hydrogen-bond acceptors (Lipinski definition) is 5. The third-order valence-electron chi connectivity index (χ3n) is 5.83. The number of imide groups is 1. The quantitative estimate of drug-likeness (QED) is 0.382. The highest BCUT2D eigenvalue weighted by atomic mass is 16.3. The minimum atomic E-state index is -0.588. The monoisotopic (exact) mass is 494 g/mol. The maximum atomic E-state index is 13.0. The van der Waals surface area contributed by atoms with E-state index in [4.69, 9.17) is 0 Å². The van der Waals surface area contributed by atoms with Gasteiger partial charge in [-0.2, -0.15) is 9.98 Å². The number of hydrogen-bond donors (Lipinski definition) is 1. The Bertz CT molecular complexity index is 1500. The molecule has 1 aromatic heterocycles. The van der Waals surface area contributed by atoms with Crippen LogP contribution in [0.2, 0.25) is 0 Å². The Hall–Kier alpha value is -4.85. The minimum absolute atomic E-state index is 0.178. The minimum Gasteiger partial charge on any atom is -0.494 e. The van der Waals surface area contributed by atoms with Gasteiger partial charge in [-0.25, -0.2) is 9.59 Å². The molecule has 8 nitrogen and oxygen atoms in total. The van der Waals surface area contributed by atoms with Crippen LogP contribution in [0.15, 0.2) is 100 Å². The fourth-order valence-electron chi connectivity index (χ4n) is 3.98. The van der Waals surface area contributed by atoms with E-state index >= 15 is 0 Å². The Morgan fingerprint density at radius 3 is 2.11 bits per heavy atom. The summed E-state index contributed by atoms with van der Waals surface area (Å²) >= 11 is 0. The summed E-state index contributed by atoms with van der Waals surface area (Å²) in [5, 5.41) is 10.8. The van der Waals surface area contributed by atoms with Crippen molar-refractivity contribution in [1.82, 2.24) is 14.5 Å². The van der Waals surface area contributed by atoms with Gasteiger partial charge < -0.3 is 5.11 Å². The summed E-state index contributed by atoms with van der Waals surface area (Å²) in [6, 6.07) is 17.6. The molecule has 0 saturated heterocycles. The van der Waals surface area contributed by atoms with Gasteiger partial charge in [0.15, 0.2) is 0 Å². The number of benzene rings is 2. The van der Waals surface area contributed by atoms with E-state index in [0.717, 1.165) is 4.90 Å². The van der Waals surface area contributed by atoms with E-state index in [0.29, 0.717) is 33.7 Å². The molecule has 1 aliphatic heterocycles. The van der Waals surface area contributed by atoms with E-state index in [1.165, 1.54) is 4.57 Å². The molecular weight excluding hydrogens is 468 g/mol. The molecule has 1 aliphatic rings. The first kappa shape index (κ1) is 25.2.